The molecule has 0 aromatic heterocycles. The van der Waals surface area contributed by atoms with Crippen molar-refractivity contribution in [1.82, 2.24) is 5.32 Å². The van der Waals surface area contributed by atoms with Gasteiger partial charge in [0.1, 0.15) is 5.82 Å². The Morgan fingerprint density at radius 3 is 2.35 bits per heavy atom. The van der Waals surface area contributed by atoms with Crippen molar-refractivity contribution in [3.8, 4) is 0 Å². The summed E-state index contributed by atoms with van der Waals surface area (Å²) in [5, 5.41) is 3.42. The number of nitrogens with one attached hydrogen (secondary N) is 1. The first-order chi connectivity index (χ1) is 9.35. The maximum atomic E-state index is 13.3. The highest BCUT2D eigenvalue weighted by molar-refractivity contribution is 5.34. The van der Waals surface area contributed by atoms with E-state index < -0.39 is 0 Å². The Balaban J connectivity index is 2.53. The van der Waals surface area contributed by atoms with Crippen LogP contribution in [-0.4, -0.2) is 26.8 Å². The fraction of sp³-hybridized carbons (Fsp3) is 0.647. The summed E-state index contributed by atoms with van der Waals surface area (Å²) in [5.41, 5.74) is 3.63. The molecular weight excluding hydrogens is 253 g/mol. The molecular formula is C17H28FNO. The number of rotatable bonds is 8. The van der Waals surface area contributed by atoms with Crippen LogP contribution in [0.25, 0.3) is 0 Å². The molecule has 0 aliphatic carbocycles. The van der Waals surface area contributed by atoms with Crippen LogP contribution in [0.5, 0.6) is 0 Å². The predicted molar refractivity (Wildman–Crippen MR) is 82.7 cm³/mol. The highest BCUT2D eigenvalue weighted by Crippen LogP contribution is 2.25. The summed E-state index contributed by atoms with van der Waals surface area (Å²) in [5.74, 6) is -0.135. The molecule has 1 N–H and O–H groups in total. The highest BCUT2D eigenvalue weighted by atomic mass is 19.1. The second kappa shape index (κ2) is 7.75. The first-order valence-electron chi connectivity index (χ1n) is 7.31. The van der Waals surface area contributed by atoms with Gasteiger partial charge < -0.3 is 10.1 Å². The van der Waals surface area contributed by atoms with Crippen LogP contribution in [0.3, 0.4) is 0 Å². The summed E-state index contributed by atoms with van der Waals surface area (Å²) in [6.07, 6.45) is 2.08. The molecule has 3 heteroatoms. The maximum absolute atomic E-state index is 13.3. The van der Waals surface area contributed by atoms with E-state index in [1.165, 1.54) is 5.56 Å². The lowest BCUT2D eigenvalue weighted by Gasteiger charge is -2.26. The first kappa shape index (κ1) is 17.1. The molecule has 0 aliphatic heterocycles. The summed E-state index contributed by atoms with van der Waals surface area (Å²) in [6, 6.07) is 3.26. The Hall–Kier alpha value is -0.930. The van der Waals surface area contributed by atoms with Gasteiger partial charge in [-0.3, -0.25) is 0 Å². The third-order valence-corrected chi connectivity index (χ3v) is 3.80. The van der Waals surface area contributed by atoms with Crippen molar-refractivity contribution >= 4 is 0 Å². The van der Waals surface area contributed by atoms with Gasteiger partial charge in [0.15, 0.2) is 0 Å². The Kier molecular flexibility index (Phi) is 6.63. The monoisotopic (exact) mass is 281 g/mol. The fourth-order valence-electron chi connectivity index (χ4n) is 2.49. The molecule has 0 fully saturated rings. The van der Waals surface area contributed by atoms with E-state index in [0.717, 1.165) is 43.7 Å². The SMILES string of the molecule is COCCNCC(C)(C)CCc1c(C)cc(F)cc1C. The molecule has 20 heavy (non-hydrogen) atoms. The summed E-state index contributed by atoms with van der Waals surface area (Å²) in [7, 11) is 1.72. The van der Waals surface area contributed by atoms with Crippen LogP contribution in [0.1, 0.15) is 37.0 Å². The van der Waals surface area contributed by atoms with Crippen molar-refractivity contribution in [2.75, 3.05) is 26.8 Å². The van der Waals surface area contributed by atoms with E-state index in [2.05, 4.69) is 19.2 Å². The van der Waals surface area contributed by atoms with E-state index in [-0.39, 0.29) is 11.2 Å². The molecule has 0 saturated heterocycles. The van der Waals surface area contributed by atoms with Crippen LogP contribution in [0, 0.1) is 25.1 Å². The van der Waals surface area contributed by atoms with Crippen LogP contribution in [0.2, 0.25) is 0 Å². The zero-order valence-electron chi connectivity index (χ0n) is 13.5. The topological polar surface area (TPSA) is 21.3 Å². The Morgan fingerprint density at radius 2 is 1.80 bits per heavy atom. The quantitative estimate of drug-likeness (QED) is 0.735. The minimum atomic E-state index is -0.135. The lowest BCUT2D eigenvalue weighted by molar-refractivity contribution is 0.193. The molecule has 1 aromatic rings. The highest BCUT2D eigenvalue weighted by Gasteiger charge is 2.18. The zero-order valence-corrected chi connectivity index (χ0v) is 13.5. The van der Waals surface area contributed by atoms with Gasteiger partial charge in [-0.15, -0.1) is 0 Å². The molecule has 0 heterocycles. The average molecular weight is 281 g/mol. The summed E-state index contributed by atoms with van der Waals surface area (Å²) >= 11 is 0. The summed E-state index contributed by atoms with van der Waals surface area (Å²) in [6.45, 7) is 11.1. The van der Waals surface area contributed by atoms with E-state index in [1.54, 1.807) is 19.2 Å². The predicted octanol–water partition coefficient (Wildman–Crippen LogP) is 3.64. The van der Waals surface area contributed by atoms with Crippen molar-refractivity contribution < 1.29 is 9.13 Å². The molecule has 0 aliphatic rings. The van der Waals surface area contributed by atoms with Crippen molar-refractivity contribution in [2.45, 2.75) is 40.5 Å². The Labute approximate surface area is 122 Å². The van der Waals surface area contributed by atoms with Crippen LogP contribution < -0.4 is 5.32 Å². The molecule has 0 spiro atoms. The van der Waals surface area contributed by atoms with E-state index >= 15 is 0 Å². The lowest BCUT2D eigenvalue weighted by Crippen LogP contribution is -2.32. The molecule has 1 aromatic carbocycles. The zero-order chi connectivity index (χ0) is 15.2. The normalized spacial score (nSPS) is 11.9. The van der Waals surface area contributed by atoms with Crippen LogP contribution >= 0.6 is 0 Å². The number of benzene rings is 1. The standard InChI is InChI=1S/C17H28FNO/c1-13-10-15(18)11-14(2)16(13)6-7-17(3,4)12-19-8-9-20-5/h10-11,19H,6-9,12H2,1-5H3. The Morgan fingerprint density at radius 1 is 1.20 bits per heavy atom. The van der Waals surface area contributed by atoms with E-state index in [1.807, 2.05) is 13.8 Å². The van der Waals surface area contributed by atoms with Crippen LogP contribution in [0.4, 0.5) is 4.39 Å². The average Bonchev–Trinajstić information content (AvgIpc) is 2.33. The fourth-order valence-corrected chi connectivity index (χ4v) is 2.49. The van der Waals surface area contributed by atoms with Crippen molar-refractivity contribution in [1.29, 1.82) is 0 Å². The van der Waals surface area contributed by atoms with Crippen molar-refractivity contribution in [3.63, 3.8) is 0 Å². The van der Waals surface area contributed by atoms with E-state index in [4.69, 9.17) is 4.74 Å². The maximum Gasteiger partial charge on any atom is 0.123 e. The van der Waals surface area contributed by atoms with Crippen molar-refractivity contribution in [2.24, 2.45) is 5.41 Å². The third-order valence-electron chi connectivity index (χ3n) is 3.80. The molecule has 114 valence electrons. The number of aryl methyl sites for hydroxylation is 2. The van der Waals surface area contributed by atoms with Gasteiger partial charge in [-0.2, -0.15) is 0 Å². The van der Waals surface area contributed by atoms with Gasteiger partial charge in [-0.05, 0) is 60.9 Å². The van der Waals surface area contributed by atoms with Gasteiger partial charge in [0, 0.05) is 20.2 Å². The van der Waals surface area contributed by atoms with Gasteiger partial charge in [-0.25, -0.2) is 4.39 Å². The molecule has 0 bridgehead atoms. The van der Waals surface area contributed by atoms with Gasteiger partial charge >= 0.3 is 0 Å². The van der Waals surface area contributed by atoms with E-state index in [9.17, 15) is 4.39 Å². The molecule has 0 atom stereocenters. The number of hydrogen-bond donors (Lipinski definition) is 1. The molecule has 0 unspecified atom stereocenters. The largest absolute Gasteiger partial charge is 0.383 e. The first-order valence-corrected chi connectivity index (χ1v) is 7.31. The van der Waals surface area contributed by atoms with Crippen molar-refractivity contribution in [3.05, 3.63) is 34.6 Å². The van der Waals surface area contributed by atoms with Gasteiger partial charge in [0.05, 0.1) is 6.61 Å². The summed E-state index contributed by atoms with van der Waals surface area (Å²) in [4.78, 5) is 0. The van der Waals surface area contributed by atoms with Gasteiger partial charge in [-0.1, -0.05) is 13.8 Å². The van der Waals surface area contributed by atoms with E-state index in [0.29, 0.717) is 0 Å². The number of ether oxygens (including phenoxy) is 1. The number of hydrogen-bond acceptors (Lipinski definition) is 2. The molecule has 0 radical (unpaired) electrons. The Bertz CT molecular complexity index is 406. The smallest absolute Gasteiger partial charge is 0.123 e. The number of methoxy groups -OCH3 is 1. The van der Waals surface area contributed by atoms with Crippen LogP contribution in [0.15, 0.2) is 12.1 Å². The third kappa shape index (κ3) is 5.59. The number of halogens is 1. The van der Waals surface area contributed by atoms with Gasteiger partial charge in [0.2, 0.25) is 0 Å². The van der Waals surface area contributed by atoms with Gasteiger partial charge in [0.25, 0.3) is 0 Å². The molecule has 1 rings (SSSR count). The minimum absolute atomic E-state index is 0.135. The molecule has 0 amide bonds. The van der Waals surface area contributed by atoms with Crippen LogP contribution in [-0.2, 0) is 11.2 Å². The molecule has 0 saturated carbocycles. The molecule has 2 nitrogen and oxygen atoms in total. The summed E-state index contributed by atoms with van der Waals surface area (Å²) < 4.78 is 18.3. The second-order valence-electron chi connectivity index (χ2n) is 6.35. The minimum Gasteiger partial charge on any atom is -0.383 e. The lowest BCUT2D eigenvalue weighted by atomic mass is 9.84. The second-order valence-corrected chi connectivity index (χ2v) is 6.35.